The van der Waals surface area contributed by atoms with Crippen molar-refractivity contribution in [2.24, 2.45) is 5.92 Å². The summed E-state index contributed by atoms with van der Waals surface area (Å²) in [7, 11) is 0. The van der Waals surface area contributed by atoms with E-state index in [0.717, 1.165) is 62.7 Å². The molecule has 3 rings (SSSR count). The van der Waals surface area contributed by atoms with E-state index in [-0.39, 0.29) is 0 Å². The molecule has 2 heterocycles. The van der Waals surface area contributed by atoms with Gasteiger partial charge in [-0.3, -0.25) is 0 Å². The van der Waals surface area contributed by atoms with Gasteiger partial charge < -0.3 is 14.2 Å². The van der Waals surface area contributed by atoms with E-state index in [4.69, 9.17) is 14.2 Å². The second-order valence-electron chi connectivity index (χ2n) is 8.64. The fourth-order valence-corrected chi connectivity index (χ4v) is 3.46. The van der Waals surface area contributed by atoms with Gasteiger partial charge in [0.1, 0.15) is 0 Å². The minimum absolute atomic E-state index is 0.547. The first-order chi connectivity index (χ1) is 15.8. The molecule has 0 saturated heterocycles. The molecular formula is C26H39N3O3. The van der Waals surface area contributed by atoms with Gasteiger partial charge in [-0.2, -0.15) is 0 Å². The molecule has 176 valence electrons. The average Bonchev–Trinajstić information content (AvgIpc) is 3.65. The van der Waals surface area contributed by atoms with Gasteiger partial charge in [-0.1, -0.05) is 51.9 Å². The third kappa shape index (κ3) is 9.94. The van der Waals surface area contributed by atoms with Gasteiger partial charge in [0.15, 0.2) is 0 Å². The van der Waals surface area contributed by atoms with Crippen LogP contribution in [0.25, 0.3) is 11.3 Å². The van der Waals surface area contributed by atoms with Gasteiger partial charge in [0.05, 0.1) is 31.3 Å². The van der Waals surface area contributed by atoms with Crippen LogP contribution >= 0.6 is 0 Å². The summed E-state index contributed by atoms with van der Waals surface area (Å²) in [6.45, 7) is 5.17. The van der Waals surface area contributed by atoms with Crippen LogP contribution in [0, 0.1) is 5.92 Å². The summed E-state index contributed by atoms with van der Waals surface area (Å²) < 4.78 is 17.0. The molecule has 2 aromatic heterocycles. The van der Waals surface area contributed by atoms with Crippen molar-refractivity contribution < 1.29 is 14.2 Å². The highest BCUT2D eigenvalue weighted by molar-refractivity contribution is 5.57. The lowest BCUT2D eigenvalue weighted by atomic mass is 10.1. The molecule has 32 heavy (non-hydrogen) atoms. The molecular weight excluding hydrogens is 402 g/mol. The summed E-state index contributed by atoms with van der Waals surface area (Å²) in [4.78, 5) is 13.2. The van der Waals surface area contributed by atoms with Crippen molar-refractivity contribution in [3.05, 3.63) is 30.7 Å². The second-order valence-corrected chi connectivity index (χ2v) is 8.64. The van der Waals surface area contributed by atoms with Crippen LogP contribution in [0.3, 0.4) is 0 Å². The Morgan fingerprint density at radius 1 is 0.719 bits per heavy atom. The molecule has 0 unspecified atom stereocenters. The Kier molecular flexibility index (Phi) is 11.3. The normalized spacial score (nSPS) is 13.3. The topological polar surface area (TPSA) is 66.4 Å². The molecule has 0 N–H and O–H groups in total. The lowest BCUT2D eigenvalue weighted by Gasteiger charge is -2.07. The van der Waals surface area contributed by atoms with E-state index in [9.17, 15) is 0 Å². The Hall–Kier alpha value is -2.21. The summed E-state index contributed by atoms with van der Waals surface area (Å²) in [5, 5.41) is 0. The summed E-state index contributed by atoms with van der Waals surface area (Å²) in [5.74, 6) is 2.26. The maximum atomic E-state index is 5.77. The molecule has 0 bridgehead atoms. The number of nitrogens with zero attached hydrogens (tertiary/aromatic N) is 3. The number of rotatable bonds is 18. The van der Waals surface area contributed by atoms with Gasteiger partial charge in [0.2, 0.25) is 11.8 Å². The Morgan fingerprint density at radius 3 is 2.16 bits per heavy atom. The van der Waals surface area contributed by atoms with Gasteiger partial charge >= 0.3 is 0 Å². The standard InChI is InChI=1S/C26H39N3O3/c1-2-3-15-30-16-8-9-18-32-26-21-27-24(20-29-26)23-13-14-25(28-19-23)31-17-7-5-4-6-10-22-11-12-22/h13-14,19-22H,2-12,15-18H2,1H3. The van der Waals surface area contributed by atoms with E-state index < -0.39 is 0 Å². The Bertz CT molecular complexity index is 733. The number of hydrogen-bond donors (Lipinski definition) is 0. The molecule has 0 spiro atoms. The van der Waals surface area contributed by atoms with Crippen LogP contribution in [0.1, 0.15) is 77.6 Å². The number of aromatic nitrogens is 3. The molecule has 1 fully saturated rings. The quantitative estimate of drug-likeness (QED) is 0.255. The summed E-state index contributed by atoms with van der Waals surface area (Å²) in [5.41, 5.74) is 1.69. The van der Waals surface area contributed by atoms with Gasteiger partial charge in [0, 0.05) is 31.0 Å². The third-order valence-electron chi connectivity index (χ3n) is 5.69. The minimum Gasteiger partial charge on any atom is -0.478 e. The lowest BCUT2D eigenvalue weighted by Crippen LogP contribution is -2.03. The maximum Gasteiger partial charge on any atom is 0.232 e. The minimum atomic E-state index is 0.547. The molecule has 6 heteroatoms. The number of ether oxygens (including phenoxy) is 3. The van der Waals surface area contributed by atoms with Gasteiger partial charge in [-0.15, -0.1) is 0 Å². The SMILES string of the molecule is CCCCOCCCCOc1cnc(-c2ccc(OCCCCCCC3CC3)nc2)cn1. The van der Waals surface area contributed by atoms with Crippen molar-refractivity contribution in [1.29, 1.82) is 0 Å². The van der Waals surface area contributed by atoms with Gasteiger partial charge in [0.25, 0.3) is 0 Å². The first-order valence-corrected chi connectivity index (χ1v) is 12.5. The van der Waals surface area contributed by atoms with Crippen molar-refractivity contribution >= 4 is 0 Å². The fraction of sp³-hybridized carbons (Fsp3) is 0.654. The van der Waals surface area contributed by atoms with Crippen molar-refractivity contribution in [1.82, 2.24) is 15.0 Å². The van der Waals surface area contributed by atoms with Crippen molar-refractivity contribution in [2.75, 3.05) is 26.4 Å². The van der Waals surface area contributed by atoms with Crippen LogP contribution in [0.2, 0.25) is 0 Å². The van der Waals surface area contributed by atoms with Crippen molar-refractivity contribution in [3.63, 3.8) is 0 Å². The zero-order valence-corrected chi connectivity index (χ0v) is 19.6. The first kappa shape index (κ1) is 24.4. The molecule has 0 atom stereocenters. The largest absolute Gasteiger partial charge is 0.478 e. The summed E-state index contributed by atoms with van der Waals surface area (Å²) in [6, 6.07) is 3.87. The van der Waals surface area contributed by atoms with E-state index in [1.165, 1.54) is 44.9 Å². The second kappa shape index (κ2) is 14.8. The highest BCUT2D eigenvalue weighted by atomic mass is 16.5. The number of pyridine rings is 1. The zero-order chi connectivity index (χ0) is 22.3. The van der Waals surface area contributed by atoms with Crippen LogP contribution in [0.4, 0.5) is 0 Å². The molecule has 0 aliphatic heterocycles. The Balaban J connectivity index is 1.27. The lowest BCUT2D eigenvalue weighted by molar-refractivity contribution is 0.123. The van der Waals surface area contributed by atoms with Gasteiger partial charge in [-0.25, -0.2) is 15.0 Å². The zero-order valence-electron chi connectivity index (χ0n) is 19.6. The van der Waals surface area contributed by atoms with Gasteiger partial charge in [-0.05, 0) is 37.7 Å². The molecule has 0 amide bonds. The first-order valence-electron chi connectivity index (χ1n) is 12.5. The molecule has 0 aromatic carbocycles. The van der Waals surface area contributed by atoms with E-state index in [1.54, 1.807) is 18.6 Å². The smallest absolute Gasteiger partial charge is 0.232 e. The summed E-state index contributed by atoms with van der Waals surface area (Å²) in [6.07, 6.45) is 18.8. The van der Waals surface area contributed by atoms with Crippen LogP contribution in [-0.2, 0) is 4.74 Å². The van der Waals surface area contributed by atoms with Crippen LogP contribution in [0.15, 0.2) is 30.7 Å². The average molecular weight is 442 g/mol. The van der Waals surface area contributed by atoms with E-state index in [1.807, 2.05) is 12.1 Å². The fourth-order valence-electron chi connectivity index (χ4n) is 3.46. The van der Waals surface area contributed by atoms with E-state index >= 15 is 0 Å². The van der Waals surface area contributed by atoms with Crippen LogP contribution in [-0.4, -0.2) is 41.4 Å². The highest BCUT2D eigenvalue weighted by Crippen LogP contribution is 2.34. The highest BCUT2D eigenvalue weighted by Gasteiger charge is 2.19. The maximum absolute atomic E-state index is 5.77. The number of unbranched alkanes of at least 4 members (excludes halogenated alkanes) is 5. The molecule has 1 aliphatic carbocycles. The molecule has 6 nitrogen and oxygen atoms in total. The molecule has 2 aromatic rings. The predicted octanol–water partition coefficient (Wildman–Crippen LogP) is 6.25. The number of hydrogen-bond acceptors (Lipinski definition) is 6. The van der Waals surface area contributed by atoms with E-state index in [0.29, 0.717) is 18.4 Å². The van der Waals surface area contributed by atoms with Crippen molar-refractivity contribution in [2.45, 2.75) is 77.6 Å². The molecule has 0 radical (unpaired) electrons. The third-order valence-corrected chi connectivity index (χ3v) is 5.69. The Morgan fingerprint density at radius 2 is 1.44 bits per heavy atom. The molecule has 1 saturated carbocycles. The Labute approximate surface area is 193 Å². The predicted molar refractivity (Wildman–Crippen MR) is 127 cm³/mol. The summed E-state index contributed by atoms with van der Waals surface area (Å²) >= 11 is 0. The molecule has 1 aliphatic rings. The van der Waals surface area contributed by atoms with Crippen LogP contribution < -0.4 is 9.47 Å². The monoisotopic (exact) mass is 441 g/mol. The van der Waals surface area contributed by atoms with E-state index in [2.05, 4.69) is 21.9 Å². The van der Waals surface area contributed by atoms with Crippen LogP contribution in [0.5, 0.6) is 11.8 Å². The van der Waals surface area contributed by atoms with Crippen molar-refractivity contribution in [3.8, 4) is 23.0 Å².